The highest BCUT2D eigenvalue weighted by Gasteiger charge is 2.22. The van der Waals surface area contributed by atoms with E-state index >= 15 is 0 Å². The molecule has 0 bridgehead atoms. The fraction of sp³-hybridized carbons (Fsp3) is 0.429. The molecule has 1 fully saturated rings. The van der Waals surface area contributed by atoms with Crippen LogP contribution >= 0.6 is 0 Å². The number of hydrogen-bond acceptors (Lipinski definition) is 5. The summed E-state index contributed by atoms with van der Waals surface area (Å²) < 4.78 is 10.8. The van der Waals surface area contributed by atoms with E-state index in [1.165, 1.54) is 0 Å². The quantitative estimate of drug-likeness (QED) is 0.839. The molecule has 3 rings (SSSR count). The minimum Gasteiger partial charge on any atom is -0.398 e. The van der Waals surface area contributed by atoms with E-state index in [4.69, 9.17) is 15.0 Å². The average molecular weight is 259 g/mol. The molecule has 5 nitrogen and oxygen atoms in total. The van der Waals surface area contributed by atoms with E-state index in [1.807, 2.05) is 25.1 Å². The Hall–Kier alpha value is -1.88. The van der Waals surface area contributed by atoms with Crippen LogP contribution in [0.5, 0.6) is 0 Å². The minimum absolute atomic E-state index is 0.234. The van der Waals surface area contributed by atoms with Crippen LogP contribution in [0.1, 0.15) is 30.1 Å². The molecule has 5 heteroatoms. The highest BCUT2D eigenvalue weighted by molar-refractivity contribution is 5.70. The minimum atomic E-state index is 0.234. The summed E-state index contributed by atoms with van der Waals surface area (Å²) in [6, 6.07) is 5.79. The van der Waals surface area contributed by atoms with Gasteiger partial charge in [0.1, 0.15) is 0 Å². The van der Waals surface area contributed by atoms with Crippen molar-refractivity contribution in [3.63, 3.8) is 0 Å². The number of rotatable bonds is 2. The van der Waals surface area contributed by atoms with Crippen molar-refractivity contribution in [1.29, 1.82) is 0 Å². The van der Waals surface area contributed by atoms with Crippen molar-refractivity contribution >= 4 is 5.69 Å². The third-order valence-electron chi connectivity index (χ3n) is 3.41. The van der Waals surface area contributed by atoms with Gasteiger partial charge in [0.05, 0.1) is 12.2 Å². The summed E-state index contributed by atoms with van der Waals surface area (Å²) in [6.45, 7) is 3.50. The molecule has 1 atom stereocenters. The van der Waals surface area contributed by atoms with Gasteiger partial charge in [0.15, 0.2) is 5.82 Å². The van der Waals surface area contributed by atoms with E-state index in [-0.39, 0.29) is 5.92 Å². The van der Waals surface area contributed by atoms with Crippen molar-refractivity contribution in [3.8, 4) is 11.5 Å². The lowest BCUT2D eigenvalue weighted by atomic mass is 10.0. The number of benzene rings is 1. The van der Waals surface area contributed by atoms with E-state index in [0.717, 1.165) is 36.4 Å². The molecule has 0 amide bonds. The molecular weight excluding hydrogens is 242 g/mol. The standard InChI is InChI=1S/C14H17N3O2/c1-9-4-5-12(15)11(7-9)14-16-13(17-19-14)10-3-2-6-18-8-10/h4-5,7,10H,2-3,6,8,15H2,1H3. The number of aromatic nitrogens is 2. The topological polar surface area (TPSA) is 74.2 Å². The summed E-state index contributed by atoms with van der Waals surface area (Å²) in [5.74, 6) is 1.44. The molecule has 2 aromatic rings. The number of nitrogens with two attached hydrogens (primary N) is 1. The molecule has 0 aliphatic carbocycles. The van der Waals surface area contributed by atoms with Crippen molar-refractivity contribution in [1.82, 2.24) is 10.1 Å². The largest absolute Gasteiger partial charge is 0.398 e. The summed E-state index contributed by atoms with van der Waals surface area (Å²) in [5.41, 5.74) is 8.53. The zero-order chi connectivity index (χ0) is 13.2. The molecular formula is C14H17N3O2. The Morgan fingerprint density at radius 3 is 3.05 bits per heavy atom. The first-order valence-corrected chi connectivity index (χ1v) is 6.52. The number of anilines is 1. The first-order valence-electron chi connectivity index (χ1n) is 6.52. The van der Waals surface area contributed by atoms with Crippen LogP contribution in [-0.2, 0) is 4.74 Å². The maximum atomic E-state index is 5.96. The van der Waals surface area contributed by atoms with Gasteiger partial charge in [0, 0.05) is 18.2 Å². The Labute approximate surface area is 111 Å². The molecule has 2 N–H and O–H groups in total. The fourth-order valence-electron chi connectivity index (χ4n) is 2.31. The van der Waals surface area contributed by atoms with Crippen LogP contribution in [-0.4, -0.2) is 23.4 Å². The molecule has 100 valence electrons. The average Bonchev–Trinajstić information content (AvgIpc) is 2.92. The van der Waals surface area contributed by atoms with Gasteiger partial charge in [-0.25, -0.2) is 0 Å². The fourth-order valence-corrected chi connectivity index (χ4v) is 2.31. The zero-order valence-electron chi connectivity index (χ0n) is 10.9. The second kappa shape index (κ2) is 5.01. The molecule has 0 saturated carbocycles. The molecule has 1 saturated heterocycles. The highest BCUT2D eigenvalue weighted by Crippen LogP contribution is 2.29. The van der Waals surface area contributed by atoms with Gasteiger partial charge in [0.25, 0.3) is 5.89 Å². The summed E-state index contributed by atoms with van der Waals surface area (Å²) in [5, 5.41) is 4.07. The van der Waals surface area contributed by atoms with Gasteiger partial charge in [-0.15, -0.1) is 0 Å². The van der Waals surface area contributed by atoms with Crippen LogP contribution in [0.2, 0.25) is 0 Å². The van der Waals surface area contributed by atoms with Gasteiger partial charge in [-0.1, -0.05) is 16.8 Å². The summed E-state index contributed by atoms with van der Waals surface area (Å²) in [4.78, 5) is 4.47. The van der Waals surface area contributed by atoms with Crippen molar-refractivity contribution in [2.45, 2.75) is 25.7 Å². The van der Waals surface area contributed by atoms with Crippen molar-refractivity contribution in [2.24, 2.45) is 0 Å². The van der Waals surface area contributed by atoms with Crippen molar-refractivity contribution < 1.29 is 9.26 Å². The van der Waals surface area contributed by atoms with E-state index in [2.05, 4.69) is 10.1 Å². The predicted molar refractivity (Wildman–Crippen MR) is 71.7 cm³/mol. The first-order chi connectivity index (χ1) is 9.24. The molecule has 0 spiro atoms. The number of aryl methyl sites for hydroxylation is 1. The summed E-state index contributed by atoms with van der Waals surface area (Å²) >= 11 is 0. The van der Waals surface area contributed by atoms with E-state index < -0.39 is 0 Å². The van der Waals surface area contributed by atoms with Crippen LogP contribution in [0.15, 0.2) is 22.7 Å². The van der Waals surface area contributed by atoms with E-state index in [9.17, 15) is 0 Å². The predicted octanol–water partition coefficient (Wildman–Crippen LogP) is 2.52. The smallest absolute Gasteiger partial charge is 0.260 e. The molecule has 1 aliphatic rings. The van der Waals surface area contributed by atoms with Gasteiger partial charge in [-0.2, -0.15) is 4.98 Å². The normalized spacial score (nSPS) is 19.5. The Morgan fingerprint density at radius 2 is 2.26 bits per heavy atom. The Balaban J connectivity index is 1.89. The number of hydrogen-bond donors (Lipinski definition) is 1. The number of ether oxygens (including phenoxy) is 1. The van der Waals surface area contributed by atoms with Gasteiger partial charge in [0.2, 0.25) is 0 Å². The maximum Gasteiger partial charge on any atom is 0.260 e. The lowest BCUT2D eigenvalue weighted by Crippen LogP contribution is -2.16. The second-order valence-corrected chi connectivity index (χ2v) is 4.96. The van der Waals surface area contributed by atoms with E-state index in [1.54, 1.807) is 0 Å². The lowest BCUT2D eigenvalue weighted by molar-refractivity contribution is 0.0773. The van der Waals surface area contributed by atoms with Gasteiger partial charge >= 0.3 is 0 Å². The SMILES string of the molecule is Cc1ccc(N)c(-c2nc(C3CCCOC3)no2)c1. The first kappa shape index (κ1) is 12.2. The number of nitrogens with zero attached hydrogens (tertiary/aromatic N) is 2. The van der Waals surface area contributed by atoms with Crippen LogP contribution in [0.4, 0.5) is 5.69 Å². The van der Waals surface area contributed by atoms with Crippen LogP contribution in [0.25, 0.3) is 11.5 Å². The number of nitrogen functional groups attached to an aromatic ring is 1. The van der Waals surface area contributed by atoms with Crippen LogP contribution in [0, 0.1) is 6.92 Å². The van der Waals surface area contributed by atoms with Gasteiger partial charge in [-0.3, -0.25) is 0 Å². The zero-order valence-corrected chi connectivity index (χ0v) is 10.9. The molecule has 1 aromatic heterocycles. The summed E-state index contributed by atoms with van der Waals surface area (Å²) in [7, 11) is 0. The summed E-state index contributed by atoms with van der Waals surface area (Å²) in [6.07, 6.45) is 2.09. The Morgan fingerprint density at radius 1 is 1.37 bits per heavy atom. The monoisotopic (exact) mass is 259 g/mol. The van der Waals surface area contributed by atoms with Crippen LogP contribution < -0.4 is 5.73 Å². The molecule has 1 aliphatic heterocycles. The van der Waals surface area contributed by atoms with E-state index in [0.29, 0.717) is 18.2 Å². The highest BCUT2D eigenvalue weighted by atomic mass is 16.5. The maximum absolute atomic E-state index is 5.96. The third kappa shape index (κ3) is 2.46. The second-order valence-electron chi connectivity index (χ2n) is 4.96. The lowest BCUT2D eigenvalue weighted by Gasteiger charge is -2.18. The van der Waals surface area contributed by atoms with Crippen molar-refractivity contribution in [3.05, 3.63) is 29.6 Å². The molecule has 0 radical (unpaired) electrons. The van der Waals surface area contributed by atoms with Gasteiger partial charge in [-0.05, 0) is 31.9 Å². The molecule has 2 heterocycles. The molecule has 1 aromatic carbocycles. The van der Waals surface area contributed by atoms with Crippen LogP contribution in [0.3, 0.4) is 0 Å². The van der Waals surface area contributed by atoms with Gasteiger partial charge < -0.3 is 15.0 Å². The Bertz CT molecular complexity index is 574. The van der Waals surface area contributed by atoms with Crippen molar-refractivity contribution in [2.75, 3.05) is 18.9 Å². The Kier molecular flexibility index (Phi) is 3.21. The molecule has 1 unspecified atom stereocenters. The molecule has 19 heavy (non-hydrogen) atoms. The third-order valence-corrected chi connectivity index (χ3v) is 3.41.